The Bertz CT molecular complexity index is 629. The molecule has 5 heteroatoms. The second-order valence-corrected chi connectivity index (χ2v) is 6.59. The molecule has 1 aromatic carbocycles. The van der Waals surface area contributed by atoms with E-state index in [1.165, 1.54) is 0 Å². The summed E-state index contributed by atoms with van der Waals surface area (Å²) in [5, 5.41) is 0. The number of ether oxygens (including phenoxy) is 1. The van der Waals surface area contributed by atoms with Crippen LogP contribution in [0.15, 0.2) is 18.2 Å². The van der Waals surface area contributed by atoms with E-state index in [4.69, 9.17) is 4.74 Å². The van der Waals surface area contributed by atoms with Crippen molar-refractivity contribution >= 4 is 17.5 Å². The maximum absolute atomic E-state index is 12.7. The molecule has 2 fully saturated rings. The summed E-state index contributed by atoms with van der Waals surface area (Å²) in [7, 11) is 0. The van der Waals surface area contributed by atoms with Crippen LogP contribution in [0.2, 0.25) is 0 Å². The van der Waals surface area contributed by atoms with Crippen molar-refractivity contribution in [3.05, 3.63) is 29.3 Å². The normalized spacial score (nSPS) is 25.1. The van der Waals surface area contributed by atoms with E-state index >= 15 is 0 Å². The molecule has 2 atom stereocenters. The van der Waals surface area contributed by atoms with Gasteiger partial charge in [0.05, 0.1) is 18.6 Å². The number of nitrogens with zero attached hydrogens (tertiary/aromatic N) is 2. The fourth-order valence-electron chi connectivity index (χ4n) is 3.41. The lowest BCUT2D eigenvalue weighted by molar-refractivity contribution is -0.142. The highest BCUT2D eigenvalue weighted by atomic mass is 16.5. The summed E-state index contributed by atoms with van der Waals surface area (Å²) in [6, 6.07) is 5.96. The van der Waals surface area contributed by atoms with Gasteiger partial charge in [-0.15, -0.1) is 0 Å². The van der Waals surface area contributed by atoms with Crippen molar-refractivity contribution < 1.29 is 14.3 Å². The van der Waals surface area contributed by atoms with Gasteiger partial charge < -0.3 is 14.5 Å². The molecule has 1 aromatic rings. The van der Waals surface area contributed by atoms with E-state index < -0.39 is 0 Å². The van der Waals surface area contributed by atoms with Crippen LogP contribution in [-0.4, -0.2) is 49.1 Å². The molecule has 0 N–H and O–H groups in total. The highest BCUT2D eigenvalue weighted by Gasteiger charge is 2.38. The topological polar surface area (TPSA) is 49.9 Å². The second-order valence-electron chi connectivity index (χ2n) is 6.59. The number of anilines is 1. The van der Waals surface area contributed by atoms with Crippen LogP contribution in [0.5, 0.6) is 0 Å². The molecule has 0 radical (unpaired) electrons. The smallest absolute Gasteiger partial charge is 0.228 e. The zero-order valence-electron chi connectivity index (χ0n) is 14.0. The largest absolute Gasteiger partial charge is 0.375 e. The minimum absolute atomic E-state index is 0.0401. The Hall–Kier alpha value is -1.88. The van der Waals surface area contributed by atoms with Crippen LogP contribution in [0.4, 0.5) is 5.69 Å². The fourth-order valence-corrected chi connectivity index (χ4v) is 3.41. The molecule has 0 spiro atoms. The first-order valence-corrected chi connectivity index (χ1v) is 8.24. The zero-order valence-corrected chi connectivity index (χ0v) is 14.0. The van der Waals surface area contributed by atoms with E-state index in [2.05, 4.69) is 0 Å². The predicted octanol–water partition coefficient (Wildman–Crippen LogP) is 1.90. The van der Waals surface area contributed by atoms with Crippen LogP contribution in [-0.2, 0) is 14.3 Å². The Balaban J connectivity index is 1.74. The van der Waals surface area contributed by atoms with Crippen LogP contribution < -0.4 is 4.90 Å². The average molecular weight is 316 g/mol. The van der Waals surface area contributed by atoms with E-state index in [-0.39, 0.29) is 23.8 Å². The van der Waals surface area contributed by atoms with Crippen LogP contribution in [0.1, 0.15) is 24.5 Å². The van der Waals surface area contributed by atoms with Crippen LogP contribution >= 0.6 is 0 Å². The Kier molecular flexibility index (Phi) is 4.39. The fraction of sp³-hybridized carbons (Fsp3) is 0.556. The number of amides is 2. The molecule has 23 heavy (non-hydrogen) atoms. The van der Waals surface area contributed by atoms with Gasteiger partial charge in [-0.3, -0.25) is 9.59 Å². The molecule has 124 valence electrons. The molecule has 0 unspecified atom stereocenters. The van der Waals surface area contributed by atoms with Crippen molar-refractivity contribution in [3.63, 3.8) is 0 Å². The van der Waals surface area contributed by atoms with Gasteiger partial charge >= 0.3 is 0 Å². The molecule has 2 aliphatic heterocycles. The average Bonchev–Trinajstić information content (AvgIpc) is 2.91. The van der Waals surface area contributed by atoms with Gasteiger partial charge in [0.2, 0.25) is 11.8 Å². The van der Waals surface area contributed by atoms with Gasteiger partial charge in [0.25, 0.3) is 0 Å². The molecular weight excluding hydrogens is 292 g/mol. The summed E-state index contributed by atoms with van der Waals surface area (Å²) >= 11 is 0. The van der Waals surface area contributed by atoms with Gasteiger partial charge in [0.1, 0.15) is 0 Å². The SMILES string of the molecule is Cc1cccc(N2C[C@@H](C(=O)N3CCO[C@@H](C)C3)CC2=O)c1C. The zero-order chi connectivity index (χ0) is 16.6. The number of aryl methyl sites for hydroxylation is 1. The van der Waals surface area contributed by atoms with Crippen molar-refractivity contribution in [1.82, 2.24) is 4.90 Å². The van der Waals surface area contributed by atoms with Crippen LogP contribution in [0.3, 0.4) is 0 Å². The number of carbonyl (C=O) groups excluding carboxylic acids is 2. The van der Waals surface area contributed by atoms with E-state index in [1.807, 2.05) is 43.9 Å². The maximum Gasteiger partial charge on any atom is 0.228 e. The first-order valence-electron chi connectivity index (χ1n) is 8.24. The summed E-state index contributed by atoms with van der Waals surface area (Å²) in [6.07, 6.45) is 0.373. The van der Waals surface area contributed by atoms with Crippen molar-refractivity contribution in [3.8, 4) is 0 Å². The highest BCUT2D eigenvalue weighted by molar-refractivity contribution is 6.00. The van der Waals surface area contributed by atoms with Crippen molar-refractivity contribution in [2.75, 3.05) is 31.1 Å². The molecule has 2 aliphatic rings. The van der Waals surface area contributed by atoms with Crippen molar-refractivity contribution in [2.24, 2.45) is 5.92 Å². The van der Waals surface area contributed by atoms with Gasteiger partial charge in [0, 0.05) is 31.7 Å². The Morgan fingerprint density at radius 3 is 2.78 bits per heavy atom. The van der Waals surface area contributed by atoms with Crippen molar-refractivity contribution in [1.29, 1.82) is 0 Å². The van der Waals surface area contributed by atoms with Gasteiger partial charge in [-0.05, 0) is 38.0 Å². The number of hydrogen-bond donors (Lipinski definition) is 0. The highest BCUT2D eigenvalue weighted by Crippen LogP contribution is 2.30. The Morgan fingerprint density at radius 2 is 2.04 bits per heavy atom. The summed E-state index contributed by atoms with van der Waals surface area (Å²) in [5.74, 6) is -0.118. The third-order valence-corrected chi connectivity index (χ3v) is 4.89. The van der Waals surface area contributed by atoms with E-state index in [1.54, 1.807) is 4.90 Å². The molecule has 0 aromatic heterocycles. The molecule has 0 saturated carbocycles. The lowest BCUT2D eigenvalue weighted by Crippen LogP contribution is -2.47. The van der Waals surface area contributed by atoms with Gasteiger partial charge in [-0.2, -0.15) is 0 Å². The van der Waals surface area contributed by atoms with E-state index in [0.717, 1.165) is 16.8 Å². The van der Waals surface area contributed by atoms with Gasteiger partial charge in [-0.25, -0.2) is 0 Å². The van der Waals surface area contributed by atoms with Crippen LogP contribution in [0.25, 0.3) is 0 Å². The number of rotatable bonds is 2. The standard InChI is InChI=1S/C18H24N2O3/c1-12-5-4-6-16(14(12)3)20-11-15(9-17(20)21)18(22)19-7-8-23-13(2)10-19/h4-6,13,15H,7-11H2,1-3H3/t13-,15-/m0/s1. The Labute approximate surface area is 137 Å². The van der Waals surface area contributed by atoms with Gasteiger partial charge in [-0.1, -0.05) is 12.1 Å². The van der Waals surface area contributed by atoms with Gasteiger partial charge in [0.15, 0.2) is 0 Å². The Morgan fingerprint density at radius 1 is 1.26 bits per heavy atom. The number of benzene rings is 1. The summed E-state index contributed by atoms with van der Waals surface area (Å²) in [6.45, 7) is 8.34. The van der Waals surface area contributed by atoms with Crippen LogP contribution in [0, 0.1) is 19.8 Å². The lowest BCUT2D eigenvalue weighted by Gasteiger charge is -2.32. The first kappa shape index (κ1) is 16.0. The molecule has 2 saturated heterocycles. The van der Waals surface area contributed by atoms with E-state index in [9.17, 15) is 9.59 Å². The molecular formula is C18H24N2O3. The number of hydrogen-bond acceptors (Lipinski definition) is 3. The number of morpholine rings is 1. The predicted molar refractivity (Wildman–Crippen MR) is 88.4 cm³/mol. The maximum atomic E-state index is 12.7. The molecule has 0 aliphatic carbocycles. The quantitative estimate of drug-likeness (QED) is 0.837. The van der Waals surface area contributed by atoms with Crippen molar-refractivity contribution in [2.45, 2.75) is 33.3 Å². The summed E-state index contributed by atoms with van der Waals surface area (Å²) < 4.78 is 5.49. The summed E-state index contributed by atoms with van der Waals surface area (Å²) in [5.41, 5.74) is 3.20. The molecule has 2 heterocycles. The second kappa shape index (κ2) is 6.32. The minimum atomic E-state index is -0.243. The third-order valence-electron chi connectivity index (χ3n) is 4.89. The molecule has 5 nitrogen and oxygen atoms in total. The minimum Gasteiger partial charge on any atom is -0.375 e. The third kappa shape index (κ3) is 3.11. The molecule has 2 amide bonds. The molecule has 0 bridgehead atoms. The lowest BCUT2D eigenvalue weighted by atomic mass is 10.1. The number of carbonyl (C=O) groups is 2. The molecule has 3 rings (SSSR count). The summed E-state index contributed by atoms with van der Waals surface area (Å²) in [4.78, 5) is 28.8. The monoisotopic (exact) mass is 316 g/mol. The first-order chi connectivity index (χ1) is 11.0. The van der Waals surface area contributed by atoms with E-state index in [0.29, 0.717) is 32.7 Å².